The number of nitrogens with zero attached hydrogens (tertiary/aromatic N) is 2. The Bertz CT molecular complexity index is 749. The average molecular weight is 343 g/mol. The number of pyridine rings is 1. The van der Waals surface area contributed by atoms with Crippen LogP contribution in [0.1, 0.15) is 17.3 Å². The molecule has 0 bridgehead atoms. The van der Waals surface area contributed by atoms with Gasteiger partial charge in [-0.05, 0) is 31.2 Å². The topological polar surface area (TPSA) is 80.8 Å². The fourth-order valence-electron chi connectivity index (χ4n) is 2.20. The minimum atomic E-state index is -0.336. The van der Waals surface area contributed by atoms with Gasteiger partial charge in [0.2, 0.25) is 11.8 Å². The molecule has 2 amide bonds. The quantitative estimate of drug-likeness (QED) is 0.833. The van der Waals surface area contributed by atoms with Gasteiger partial charge in [0.25, 0.3) is 5.91 Å². The van der Waals surface area contributed by atoms with Crippen molar-refractivity contribution in [1.29, 1.82) is 0 Å². The van der Waals surface area contributed by atoms with Crippen LogP contribution >= 0.6 is 0 Å². The van der Waals surface area contributed by atoms with Crippen molar-refractivity contribution in [3.63, 3.8) is 0 Å². The van der Waals surface area contributed by atoms with E-state index in [4.69, 9.17) is 9.47 Å². The molecule has 7 nitrogen and oxygen atoms in total. The van der Waals surface area contributed by atoms with E-state index in [1.54, 1.807) is 56.8 Å². The predicted octanol–water partition coefficient (Wildman–Crippen LogP) is 2.20. The molecule has 7 heteroatoms. The van der Waals surface area contributed by atoms with E-state index in [0.717, 1.165) is 0 Å². The molecule has 0 aliphatic carbocycles. The molecule has 0 saturated heterocycles. The maximum absolute atomic E-state index is 12.5. The number of ether oxygens (including phenoxy) is 2. The van der Waals surface area contributed by atoms with Crippen molar-refractivity contribution in [3.8, 4) is 11.6 Å². The summed E-state index contributed by atoms with van der Waals surface area (Å²) < 4.78 is 10.5. The molecule has 0 radical (unpaired) electrons. The van der Waals surface area contributed by atoms with Crippen LogP contribution in [0.5, 0.6) is 11.6 Å². The third kappa shape index (κ3) is 4.94. The van der Waals surface area contributed by atoms with Crippen molar-refractivity contribution in [3.05, 3.63) is 48.2 Å². The molecule has 2 aromatic rings. The molecule has 0 aliphatic heterocycles. The zero-order valence-corrected chi connectivity index (χ0v) is 14.5. The predicted molar refractivity (Wildman–Crippen MR) is 94.0 cm³/mol. The standard InChI is InChI=1S/C18H21N3O4/c1-4-25-17-15(9-6-10-19-17)18(23)21(2)12-16(22)20-13-7-5-8-14(11-13)24-3/h5-11H,4,12H2,1-3H3,(H,20,22). The summed E-state index contributed by atoms with van der Waals surface area (Å²) in [5.41, 5.74) is 0.919. The summed E-state index contributed by atoms with van der Waals surface area (Å²) >= 11 is 0. The van der Waals surface area contributed by atoms with Crippen molar-refractivity contribution in [1.82, 2.24) is 9.88 Å². The third-order valence-electron chi connectivity index (χ3n) is 3.36. The number of nitrogens with one attached hydrogen (secondary N) is 1. The number of carbonyl (C=O) groups is 2. The molecular weight excluding hydrogens is 322 g/mol. The number of amides is 2. The fourth-order valence-corrected chi connectivity index (χ4v) is 2.20. The van der Waals surface area contributed by atoms with E-state index in [1.807, 2.05) is 6.92 Å². The van der Waals surface area contributed by atoms with Gasteiger partial charge in [0.05, 0.1) is 20.3 Å². The molecule has 1 heterocycles. The second-order valence-corrected chi connectivity index (χ2v) is 5.23. The highest BCUT2D eigenvalue weighted by Gasteiger charge is 2.19. The number of rotatable bonds is 7. The molecule has 0 spiro atoms. The number of hydrogen-bond acceptors (Lipinski definition) is 5. The smallest absolute Gasteiger partial charge is 0.259 e. The number of hydrogen-bond donors (Lipinski definition) is 1. The first-order chi connectivity index (χ1) is 12.0. The molecule has 1 N–H and O–H groups in total. The summed E-state index contributed by atoms with van der Waals surface area (Å²) in [5, 5.41) is 2.73. The summed E-state index contributed by atoms with van der Waals surface area (Å²) in [6.45, 7) is 2.11. The van der Waals surface area contributed by atoms with E-state index < -0.39 is 0 Å². The maximum Gasteiger partial charge on any atom is 0.259 e. The Kier molecular flexibility index (Phi) is 6.33. The lowest BCUT2D eigenvalue weighted by Crippen LogP contribution is -2.35. The summed E-state index contributed by atoms with van der Waals surface area (Å²) in [6.07, 6.45) is 1.55. The van der Waals surface area contributed by atoms with E-state index >= 15 is 0 Å². The first-order valence-corrected chi connectivity index (χ1v) is 7.82. The van der Waals surface area contributed by atoms with Gasteiger partial charge in [-0.1, -0.05) is 6.07 Å². The maximum atomic E-state index is 12.5. The molecule has 25 heavy (non-hydrogen) atoms. The number of benzene rings is 1. The van der Waals surface area contributed by atoms with Crippen molar-refractivity contribution in [2.24, 2.45) is 0 Å². The number of methoxy groups -OCH3 is 1. The van der Waals surface area contributed by atoms with E-state index in [1.165, 1.54) is 4.90 Å². The van der Waals surface area contributed by atoms with Crippen LogP contribution in [0.15, 0.2) is 42.6 Å². The molecular formula is C18H21N3O4. The van der Waals surface area contributed by atoms with Gasteiger partial charge in [-0.15, -0.1) is 0 Å². The lowest BCUT2D eigenvalue weighted by Gasteiger charge is -2.18. The lowest BCUT2D eigenvalue weighted by molar-refractivity contribution is -0.116. The van der Waals surface area contributed by atoms with Gasteiger partial charge >= 0.3 is 0 Å². The van der Waals surface area contributed by atoms with E-state index in [9.17, 15) is 9.59 Å². The monoisotopic (exact) mass is 343 g/mol. The molecule has 1 aromatic heterocycles. The lowest BCUT2D eigenvalue weighted by atomic mass is 10.2. The Labute approximate surface area is 146 Å². The third-order valence-corrected chi connectivity index (χ3v) is 3.36. The number of carbonyl (C=O) groups excluding carboxylic acids is 2. The normalized spacial score (nSPS) is 10.0. The van der Waals surface area contributed by atoms with Crippen molar-refractivity contribution >= 4 is 17.5 Å². The molecule has 1 aromatic carbocycles. The average Bonchev–Trinajstić information content (AvgIpc) is 2.62. The SMILES string of the molecule is CCOc1ncccc1C(=O)N(C)CC(=O)Nc1cccc(OC)c1. The second-order valence-electron chi connectivity index (χ2n) is 5.23. The molecule has 0 unspecified atom stereocenters. The van der Waals surface area contributed by atoms with Crippen molar-refractivity contribution in [2.75, 3.05) is 32.6 Å². The first kappa shape index (κ1) is 18.3. The minimum Gasteiger partial charge on any atom is -0.497 e. The molecule has 0 fully saturated rings. The molecule has 0 aliphatic rings. The van der Waals surface area contributed by atoms with Crippen LogP contribution in [0.2, 0.25) is 0 Å². The second kappa shape index (κ2) is 8.68. The molecule has 0 atom stereocenters. The van der Waals surface area contributed by atoms with Crippen LogP contribution in [0.3, 0.4) is 0 Å². The highest BCUT2D eigenvalue weighted by Crippen LogP contribution is 2.18. The van der Waals surface area contributed by atoms with Crippen LogP contribution in [0.25, 0.3) is 0 Å². The summed E-state index contributed by atoms with van der Waals surface area (Å²) in [6, 6.07) is 10.3. The number of anilines is 1. The minimum absolute atomic E-state index is 0.101. The summed E-state index contributed by atoms with van der Waals surface area (Å²) in [7, 11) is 3.10. The number of likely N-dealkylation sites (N-methyl/N-ethyl adjacent to an activating group) is 1. The van der Waals surface area contributed by atoms with Crippen LogP contribution in [-0.4, -0.2) is 49.0 Å². The highest BCUT2D eigenvalue weighted by atomic mass is 16.5. The largest absolute Gasteiger partial charge is 0.497 e. The molecule has 2 rings (SSSR count). The van der Waals surface area contributed by atoms with Gasteiger partial charge in [-0.2, -0.15) is 0 Å². The van der Waals surface area contributed by atoms with Gasteiger partial charge in [0.15, 0.2) is 0 Å². The summed E-state index contributed by atoms with van der Waals surface area (Å²) in [5.74, 6) is 0.247. The van der Waals surface area contributed by atoms with Gasteiger partial charge in [-0.25, -0.2) is 4.98 Å². The Morgan fingerprint density at radius 1 is 1.24 bits per heavy atom. The Hall–Kier alpha value is -3.09. The highest BCUT2D eigenvalue weighted by molar-refractivity contribution is 6.00. The van der Waals surface area contributed by atoms with Gasteiger partial charge in [-0.3, -0.25) is 9.59 Å². The first-order valence-electron chi connectivity index (χ1n) is 7.82. The van der Waals surface area contributed by atoms with Crippen molar-refractivity contribution in [2.45, 2.75) is 6.92 Å². The van der Waals surface area contributed by atoms with Crippen LogP contribution in [0.4, 0.5) is 5.69 Å². The van der Waals surface area contributed by atoms with Gasteiger partial charge in [0.1, 0.15) is 11.3 Å². The molecule has 0 saturated carbocycles. The van der Waals surface area contributed by atoms with Crippen LogP contribution in [-0.2, 0) is 4.79 Å². The number of aromatic nitrogens is 1. The van der Waals surface area contributed by atoms with Crippen LogP contribution in [0, 0.1) is 0 Å². The van der Waals surface area contributed by atoms with Crippen molar-refractivity contribution < 1.29 is 19.1 Å². The summed E-state index contributed by atoms with van der Waals surface area (Å²) in [4.78, 5) is 30.1. The van der Waals surface area contributed by atoms with E-state index in [0.29, 0.717) is 23.6 Å². The Morgan fingerprint density at radius 3 is 2.76 bits per heavy atom. The zero-order valence-electron chi connectivity index (χ0n) is 14.5. The van der Waals surface area contributed by atoms with Crippen LogP contribution < -0.4 is 14.8 Å². The fraction of sp³-hybridized carbons (Fsp3) is 0.278. The Balaban J connectivity index is 2.02. The van der Waals surface area contributed by atoms with E-state index in [2.05, 4.69) is 10.3 Å². The van der Waals surface area contributed by atoms with Gasteiger partial charge in [0, 0.05) is 25.0 Å². The van der Waals surface area contributed by atoms with E-state index in [-0.39, 0.29) is 24.2 Å². The zero-order chi connectivity index (χ0) is 18.2. The van der Waals surface area contributed by atoms with Gasteiger partial charge < -0.3 is 19.7 Å². The molecule has 132 valence electrons. The Morgan fingerprint density at radius 2 is 2.04 bits per heavy atom.